The van der Waals surface area contributed by atoms with Crippen LogP contribution in [0.15, 0.2) is 23.0 Å². The zero-order valence-electron chi connectivity index (χ0n) is 24.2. The van der Waals surface area contributed by atoms with Gasteiger partial charge < -0.3 is 15.5 Å². The number of nitrogens with one attached hydrogen (secondary N) is 1. The number of imide groups is 1. The fourth-order valence-electron chi connectivity index (χ4n) is 6.76. The lowest BCUT2D eigenvalue weighted by Crippen LogP contribution is -2.51. The lowest BCUT2D eigenvalue weighted by Gasteiger charge is -2.34. The number of hydrogen-bond acceptors (Lipinski definition) is 6. The minimum atomic E-state index is -0.696. The van der Waals surface area contributed by atoms with Crippen molar-refractivity contribution in [2.75, 3.05) is 13.1 Å². The number of carbonyl (C=O) groups is 5. The Hall–Kier alpha value is -3.96. The number of rotatable bonds is 9. The lowest BCUT2D eigenvalue weighted by molar-refractivity contribution is -0.142. The Morgan fingerprint density at radius 2 is 1.71 bits per heavy atom. The fourth-order valence-corrected chi connectivity index (χ4v) is 6.76. The molecule has 0 radical (unpaired) electrons. The first-order chi connectivity index (χ1) is 20.2. The van der Waals surface area contributed by atoms with Gasteiger partial charge in [-0.3, -0.25) is 38.4 Å². The second-order valence-corrected chi connectivity index (χ2v) is 11.8. The van der Waals surface area contributed by atoms with Crippen LogP contribution in [-0.2, 0) is 37.4 Å². The van der Waals surface area contributed by atoms with Crippen LogP contribution in [0.1, 0.15) is 82.2 Å². The smallest absolute Gasteiger partial charge is 0.329 e. The van der Waals surface area contributed by atoms with Gasteiger partial charge in [-0.1, -0.05) is 18.9 Å². The second kappa shape index (κ2) is 12.5. The molecule has 3 aliphatic heterocycles. The van der Waals surface area contributed by atoms with Crippen molar-refractivity contribution in [2.45, 2.75) is 95.2 Å². The lowest BCUT2D eigenvalue weighted by atomic mass is 10.0. The number of aryl methyl sites for hydroxylation is 2. The largest absolute Gasteiger partial charge is 0.368 e. The Bertz CT molecular complexity index is 1460. The highest BCUT2D eigenvalue weighted by Crippen LogP contribution is 2.29. The second-order valence-electron chi connectivity index (χ2n) is 11.8. The summed E-state index contributed by atoms with van der Waals surface area (Å²) in [5, 5.41) is 2.33. The molecule has 226 valence electrons. The van der Waals surface area contributed by atoms with Crippen molar-refractivity contribution < 1.29 is 24.0 Å². The van der Waals surface area contributed by atoms with Crippen LogP contribution in [-0.4, -0.2) is 73.6 Å². The predicted octanol–water partition coefficient (Wildman–Crippen LogP) is 1.28. The normalized spacial score (nSPS) is 23.1. The summed E-state index contributed by atoms with van der Waals surface area (Å²) in [5.74, 6) is -1.22. The number of carbonyl (C=O) groups excluding carboxylic acids is 5. The molecule has 5 amide bonds. The van der Waals surface area contributed by atoms with E-state index in [2.05, 4.69) is 5.32 Å². The molecular formula is C30H40N6O6. The van der Waals surface area contributed by atoms with E-state index in [0.717, 1.165) is 49.6 Å². The molecule has 42 heavy (non-hydrogen) atoms. The first-order valence-corrected chi connectivity index (χ1v) is 15.1. The number of hydrogen-bond donors (Lipinski definition) is 2. The number of imidazole rings is 1. The fraction of sp³-hybridized carbons (Fsp3) is 0.600. The molecule has 1 aromatic heterocycles. The van der Waals surface area contributed by atoms with Gasteiger partial charge >= 0.3 is 5.69 Å². The highest BCUT2D eigenvalue weighted by molar-refractivity contribution is 6.00. The van der Waals surface area contributed by atoms with Gasteiger partial charge in [-0.15, -0.1) is 0 Å². The van der Waals surface area contributed by atoms with Crippen LogP contribution in [0.25, 0.3) is 11.0 Å². The molecule has 0 saturated carbocycles. The van der Waals surface area contributed by atoms with Gasteiger partial charge in [-0.25, -0.2) is 4.79 Å². The molecule has 3 saturated heterocycles. The van der Waals surface area contributed by atoms with E-state index >= 15 is 0 Å². The van der Waals surface area contributed by atoms with Gasteiger partial charge in [0.1, 0.15) is 12.1 Å². The van der Waals surface area contributed by atoms with Crippen molar-refractivity contribution >= 4 is 40.6 Å². The number of amides is 5. The van der Waals surface area contributed by atoms with Gasteiger partial charge in [0.05, 0.1) is 11.0 Å². The van der Waals surface area contributed by atoms with E-state index in [0.29, 0.717) is 44.3 Å². The predicted molar refractivity (Wildman–Crippen MR) is 154 cm³/mol. The first kappa shape index (κ1) is 29.5. The number of unbranched alkanes of at least 4 members (excludes halogenated alkanes) is 3. The minimum absolute atomic E-state index is 0.0248. The zero-order chi connectivity index (χ0) is 30.0. The van der Waals surface area contributed by atoms with Crippen LogP contribution >= 0.6 is 0 Å². The van der Waals surface area contributed by atoms with Crippen LogP contribution in [0.3, 0.4) is 0 Å². The van der Waals surface area contributed by atoms with E-state index < -0.39 is 23.9 Å². The Morgan fingerprint density at radius 3 is 2.48 bits per heavy atom. The maximum absolute atomic E-state index is 13.0. The van der Waals surface area contributed by atoms with Crippen LogP contribution < -0.4 is 16.7 Å². The number of benzene rings is 1. The van der Waals surface area contributed by atoms with Crippen molar-refractivity contribution in [1.29, 1.82) is 0 Å². The molecule has 4 heterocycles. The van der Waals surface area contributed by atoms with E-state index in [1.54, 1.807) is 21.4 Å². The van der Waals surface area contributed by atoms with Crippen LogP contribution in [0.2, 0.25) is 0 Å². The third-order valence-electron chi connectivity index (χ3n) is 9.08. The highest BCUT2D eigenvalue weighted by atomic mass is 16.2. The van der Waals surface area contributed by atoms with Crippen LogP contribution in [0.5, 0.6) is 0 Å². The van der Waals surface area contributed by atoms with Gasteiger partial charge in [-0.2, -0.15) is 0 Å². The van der Waals surface area contributed by atoms with E-state index in [4.69, 9.17) is 5.73 Å². The number of aromatic nitrogens is 2. The molecule has 12 nitrogen and oxygen atoms in total. The van der Waals surface area contributed by atoms with E-state index in [-0.39, 0.29) is 42.3 Å². The SMILES string of the molecule is Cn1c(=O)n(C2CCC(=O)NC2=O)c2ccc(CCCCCCC(=O)N3CCC(=O)N4[C@H](CC[C@H]4C(N)=O)CC3)cc21. The third-order valence-corrected chi connectivity index (χ3v) is 9.08. The summed E-state index contributed by atoms with van der Waals surface area (Å²) < 4.78 is 3.04. The highest BCUT2D eigenvalue weighted by Gasteiger charge is 2.41. The molecular weight excluding hydrogens is 540 g/mol. The van der Waals surface area contributed by atoms with Gasteiger partial charge in [0.25, 0.3) is 0 Å². The molecule has 2 aromatic rings. The number of primary amides is 1. The molecule has 3 N–H and O–H groups in total. The summed E-state index contributed by atoms with van der Waals surface area (Å²) in [6, 6.07) is 4.61. The maximum Gasteiger partial charge on any atom is 0.329 e. The Labute approximate surface area is 244 Å². The van der Waals surface area contributed by atoms with Crippen molar-refractivity contribution in [1.82, 2.24) is 24.3 Å². The monoisotopic (exact) mass is 580 g/mol. The Balaban J connectivity index is 1.07. The summed E-state index contributed by atoms with van der Waals surface area (Å²) in [4.78, 5) is 77.7. The van der Waals surface area contributed by atoms with Gasteiger partial charge in [0.2, 0.25) is 29.5 Å². The van der Waals surface area contributed by atoms with Gasteiger partial charge in [-0.05, 0) is 62.6 Å². The third kappa shape index (κ3) is 5.98. The molecule has 1 aromatic carbocycles. The molecule has 5 rings (SSSR count). The first-order valence-electron chi connectivity index (χ1n) is 15.1. The Morgan fingerprint density at radius 1 is 0.929 bits per heavy atom. The van der Waals surface area contributed by atoms with E-state index in [1.165, 1.54) is 4.57 Å². The van der Waals surface area contributed by atoms with Crippen molar-refractivity contribution in [2.24, 2.45) is 12.8 Å². The van der Waals surface area contributed by atoms with E-state index in [1.807, 2.05) is 18.2 Å². The maximum atomic E-state index is 13.0. The van der Waals surface area contributed by atoms with Crippen LogP contribution in [0, 0.1) is 0 Å². The molecule has 0 aliphatic carbocycles. The number of fused-ring (bicyclic) bond motifs is 2. The molecule has 0 spiro atoms. The average Bonchev–Trinajstić information content (AvgIpc) is 3.48. The van der Waals surface area contributed by atoms with Crippen molar-refractivity contribution in [3.63, 3.8) is 0 Å². The topological polar surface area (TPSA) is 157 Å². The quantitative estimate of drug-likeness (QED) is 0.336. The molecule has 3 fully saturated rings. The van der Waals surface area contributed by atoms with Crippen molar-refractivity contribution in [3.8, 4) is 0 Å². The summed E-state index contributed by atoms with van der Waals surface area (Å²) >= 11 is 0. The molecule has 0 bridgehead atoms. The zero-order valence-corrected chi connectivity index (χ0v) is 24.2. The molecule has 12 heteroatoms. The molecule has 3 aliphatic rings. The van der Waals surface area contributed by atoms with Crippen LogP contribution in [0.4, 0.5) is 0 Å². The minimum Gasteiger partial charge on any atom is -0.368 e. The molecule has 3 atom stereocenters. The molecule has 1 unspecified atom stereocenters. The van der Waals surface area contributed by atoms with Gasteiger partial charge in [0.15, 0.2) is 0 Å². The average molecular weight is 581 g/mol. The Kier molecular flexibility index (Phi) is 8.79. The van der Waals surface area contributed by atoms with Crippen molar-refractivity contribution in [3.05, 3.63) is 34.2 Å². The number of nitrogens with zero attached hydrogens (tertiary/aromatic N) is 4. The van der Waals surface area contributed by atoms with E-state index in [9.17, 15) is 28.8 Å². The summed E-state index contributed by atoms with van der Waals surface area (Å²) in [6.07, 6.45) is 7.65. The number of piperidine rings is 1. The summed E-state index contributed by atoms with van der Waals surface area (Å²) in [5.41, 5.74) is 7.75. The summed E-state index contributed by atoms with van der Waals surface area (Å²) in [6.45, 7) is 0.970. The number of nitrogens with two attached hydrogens (primary N) is 1. The van der Waals surface area contributed by atoms with Gasteiger partial charge in [0, 0.05) is 45.4 Å². The summed E-state index contributed by atoms with van der Waals surface area (Å²) in [7, 11) is 1.69. The standard InChI is InChI=1S/C30H40N6O6/c1-33-24-18-19(8-10-21(24)36(30(33)42)23-12-13-25(37)32-29(23)41)6-4-2-3-5-7-26(38)34-16-14-20-9-11-22(28(31)40)35(20)27(39)15-17-34/h8,10,18,20,22-23H,2-7,9,11-17H2,1H3,(H2,31,40)(H,32,37,41)/t20-,22+,23?/m1/s1.